The predicted molar refractivity (Wildman–Crippen MR) is 220 cm³/mol. The normalized spacial score (nSPS) is 12.0. The van der Waals surface area contributed by atoms with Crippen LogP contribution in [0.25, 0.3) is 0 Å². The van der Waals surface area contributed by atoms with Crippen LogP contribution in [0.3, 0.4) is 0 Å². The van der Waals surface area contributed by atoms with Crippen molar-refractivity contribution in [3.63, 3.8) is 0 Å². The molecular weight excluding hydrogens is 699 g/mol. The van der Waals surface area contributed by atoms with Gasteiger partial charge in [0.2, 0.25) is 0 Å². The minimum Gasteiger partial charge on any atom is -0.361 e. The van der Waals surface area contributed by atoms with Crippen molar-refractivity contribution in [1.82, 2.24) is 24.4 Å². The van der Waals surface area contributed by atoms with E-state index in [2.05, 4.69) is 84.1 Å². The van der Waals surface area contributed by atoms with Gasteiger partial charge in [0.15, 0.2) is 6.29 Å². The molecule has 4 aromatic rings. The Hall–Kier alpha value is -3.24. The maximum Gasteiger partial charge on any atom is 0.183 e. The van der Waals surface area contributed by atoms with E-state index in [1.807, 2.05) is 50.8 Å². The topological polar surface area (TPSA) is 102 Å². The molecule has 292 valence electrons. The van der Waals surface area contributed by atoms with Crippen LogP contribution in [-0.2, 0) is 51.8 Å². The number of aldehydes is 1. The lowest BCUT2D eigenvalue weighted by Gasteiger charge is -2.20. The van der Waals surface area contributed by atoms with Crippen LogP contribution < -0.4 is 5.32 Å². The number of hydrogen-bond acceptors (Lipinski definition) is 8. The largest absolute Gasteiger partial charge is 0.361 e. The minimum atomic E-state index is -1.10. The lowest BCUT2D eigenvalue weighted by atomic mass is 10.00. The fourth-order valence-electron chi connectivity index (χ4n) is 5.40. The number of nitrogens with one attached hydrogen (secondary N) is 1. The van der Waals surface area contributed by atoms with Crippen LogP contribution in [0.1, 0.15) is 53.3 Å². The summed E-state index contributed by atoms with van der Waals surface area (Å²) in [5.74, 6) is 2.47. The molecule has 0 unspecified atom stereocenters. The molecule has 1 N–H and O–H groups in total. The van der Waals surface area contributed by atoms with Crippen LogP contribution in [0.5, 0.6) is 0 Å². The smallest absolute Gasteiger partial charge is 0.183 e. The Kier molecular flexibility index (Phi) is 19.6. The summed E-state index contributed by atoms with van der Waals surface area (Å²) in [6, 6.07) is 20.1. The minimum absolute atomic E-state index is 0.333. The molecule has 0 aliphatic carbocycles. The van der Waals surface area contributed by atoms with Gasteiger partial charge in [0.05, 0.1) is 0 Å². The first kappa shape index (κ1) is 44.2. The molecule has 0 spiro atoms. The molecule has 0 radical (unpaired) electrons. The quantitative estimate of drug-likeness (QED) is 0.0329. The van der Waals surface area contributed by atoms with E-state index in [0.717, 1.165) is 62.6 Å². The summed E-state index contributed by atoms with van der Waals surface area (Å²) in [7, 11) is -2.20. The highest BCUT2D eigenvalue weighted by Gasteiger charge is 2.19. The fourth-order valence-corrected chi connectivity index (χ4v) is 6.92. The Morgan fingerprint density at radius 2 is 1.25 bits per heavy atom. The Morgan fingerprint density at radius 3 is 1.70 bits per heavy atom. The molecule has 2 aromatic carbocycles. The number of imidazole rings is 2. The van der Waals surface area contributed by atoms with Gasteiger partial charge in [-0.15, -0.1) is 0 Å². The molecule has 12 heteroatoms. The Bertz CT molecular complexity index is 1480. The van der Waals surface area contributed by atoms with Gasteiger partial charge in [-0.05, 0) is 44.0 Å². The SMILES string of the molecule is CCOC(OCC)c1ccc(C=O)cc1.C[Si](C)(C)CCOCn1ccnc1CC(CNCc1ccccc1)Cc1nccn1COCC[Si](C)(C)C. The summed E-state index contributed by atoms with van der Waals surface area (Å²) in [6.07, 6.45) is 10.0. The van der Waals surface area contributed by atoms with Gasteiger partial charge in [0.25, 0.3) is 0 Å². The van der Waals surface area contributed by atoms with E-state index in [4.69, 9.17) is 28.9 Å². The number of carbonyl (C=O) groups excluding carboxylic acids is 1. The van der Waals surface area contributed by atoms with Gasteiger partial charge in [-0.1, -0.05) is 93.9 Å². The van der Waals surface area contributed by atoms with Gasteiger partial charge in [0, 0.05) is 97.9 Å². The number of hydrogen-bond donors (Lipinski definition) is 1. The van der Waals surface area contributed by atoms with Crippen LogP contribution in [0.2, 0.25) is 51.4 Å². The van der Waals surface area contributed by atoms with Gasteiger partial charge in [0.1, 0.15) is 31.4 Å². The lowest BCUT2D eigenvalue weighted by molar-refractivity contribution is -0.140. The average Bonchev–Trinajstić information content (AvgIpc) is 3.77. The van der Waals surface area contributed by atoms with Crippen LogP contribution in [0.4, 0.5) is 0 Å². The molecule has 0 aliphatic rings. The second kappa shape index (κ2) is 23.5. The highest BCUT2D eigenvalue weighted by molar-refractivity contribution is 6.76. The van der Waals surface area contributed by atoms with Crippen molar-refractivity contribution in [3.8, 4) is 0 Å². The monoisotopic (exact) mass is 763 g/mol. The predicted octanol–water partition coefficient (Wildman–Crippen LogP) is 8.47. The number of nitrogens with zero attached hydrogens (tertiary/aromatic N) is 4. The summed E-state index contributed by atoms with van der Waals surface area (Å²) < 4.78 is 27.2. The third-order valence-corrected chi connectivity index (χ3v) is 12.0. The summed E-state index contributed by atoms with van der Waals surface area (Å²) in [4.78, 5) is 19.9. The maximum absolute atomic E-state index is 10.5. The number of benzene rings is 2. The van der Waals surface area contributed by atoms with Gasteiger partial charge in [-0.2, -0.15) is 0 Å². The number of aromatic nitrogens is 4. The van der Waals surface area contributed by atoms with E-state index in [-0.39, 0.29) is 6.29 Å². The third-order valence-electron chi connectivity index (χ3n) is 8.59. The van der Waals surface area contributed by atoms with Crippen molar-refractivity contribution in [1.29, 1.82) is 0 Å². The van der Waals surface area contributed by atoms with Crippen LogP contribution in [0.15, 0.2) is 79.4 Å². The summed E-state index contributed by atoms with van der Waals surface area (Å²) in [6.45, 7) is 23.8. The zero-order valence-electron chi connectivity index (χ0n) is 33.6. The maximum atomic E-state index is 10.5. The van der Waals surface area contributed by atoms with E-state index in [0.29, 0.717) is 38.2 Å². The first-order chi connectivity index (χ1) is 25.4. The van der Waals surface area contributed by atoms with Gasteiger partial charge < -0.3 is 33.4 Å². The summed E-state index contributed by atoms with van der Waals surface area (Å²) in [5.41, 5.74) is 2.88. The van der Waals surface area contributed by atoms with Crippen LogP contribution in [0, 0.1) is 5.92 Å². The molecule has 4 rings (SSSR count). The highest BCUT2D eigenvalue weighted by Crippen LogP contribution is 2.19. The molecule has 0 saturated heterocycles. The summed E-state index contributed by atoms with van der Waals surface area (Å²) >= 11 is 0. The molecule has 0 bridgehead atoms. The van der Waals surface area contributed by atoms with Crippen molar-refractivity contribution in [2.75, 3.05) is 33.0 Å². The Balaban J connectivity index is 0.000000421. The first-order valence-electron chi connectivity index (χ1n) is 19.1. The zero-order chi connectivity index (χ0) is 38.5. The van der Waals surface area contributed by atoms with Crippen molar-refractivity contribution < 1.29 is 23.7 Å². The molecule has 0 fully saturated rings. The molecule has 10 nitrogen and oxygen atoms in total. The Morgan fingerprint density at radius 1 is 0.736 bits per heavy atom. The number of ether oxygens (including phenoxy) is 4. The highest BCUT2D eigenvalue weighted by atomic mass is 28.3. The standard InChI is InChI=1S/C29H49N5O2Si2.C12H16O3/c1-37(2,3)18-16-35-24-33-14-12-31-28(33)20-27(23-30-22-26-10-8-7-9-11-26)21-29-32-13-15-34(29)25-36-17-19-38(4,5)6;1-3-14-12(15-4-2)11-7-5-10(9-13)6-8-11/h7-15,27,30H,16-25H2,1-6H3;5-9,12H,3-4H2,1-2H3. The van der Waals surface area contributed by atoms with E-state index in [9.17, 15) is 4.79 Å². The molecular formula is C41H65N5O5Si2. The van der Waals surface area contributed by atoms with Crippen LogP contribution in [-0.4, -0.2) is 74.5 Å². The van der Waals surface area contributed by atoms with Gasteiger partial charge in [-0.25, -0.2) is 9.97 Å². The van der Waals surface area contributed by atoms with E-state index >= 15 is 0 Å². The zero-order valence-corrected chi connectivity index (χ0v) is 35.6. The fraction of sp³-hybridized carbons (Fsp3) is 0.537. The second-order valence-electron chi connectivity index (χ2n) is 15.7. The molecule has 2 aromatic heterocycles. The molecule has 2 heterocycles. The van der Waals surface area contributed by atoms with Gasteiger partial charge in [-0.3, -0.25) is 4.79 Å². The van der Waals surface area contributed by atoms with E-state index in [1.54, 1.807) is 12.1 Å². The average molecular weight is 764 g/mol. The first-order valence-corrected chi connectivity index (χ1v) is 26.5. The molecule has 0 amide bonds. The van der Waals surface area contributed by atoms with E-state index in [1.165, 1.54) is 17.7 Å². The molecule has 0 aliphatic heterocycles. The number of rotatable bonds is 24. The van der Waals surface area contributed by atoms with Crippen molar-refractivity contribution in [2.24, 2.45) is 5.92 Å². The van der Waals surface area contributed by atoms with Crippen molar-refractivity contribution >= 4 is 22.4 Å². The summed E-state index contributed by atoms with van der Waals surface area (Å²) in [5, 5.41) is 3.68. The molecule has 0 atom stereocenters. The molecule has 53 heavy (non-hydrogen) atoms. The van der Waals surface area contributed by atoms with E-state index < -0.39 is 16.1 Å². The number of carbonyl (C=O) groups is 1. The lowest BCUT2D eigenvalue weighted by Crippen LogP contribution is -2.28. The van der Waals surface area contributed by atoms with Crippen LogP contribution >= 0.6 is 0 Å². The second-order valence-corrected chi connectivity index (χ2v) is 27.0. The third kappa shape index (κ3) is 18.1. The Labute approximate surface area is 320 Å². The van der Waals surface area contributed by atoms with Crippen molar-refractivity contribution in [3.05, 3.63) is 108 Å². The van der Waals surface area contributed by atoms with Gasteiger partial charge >= 0.3 is 0 Å². The molecule has 0 saturated carbocycles. The van der Waals surface area contributed by atoms with Crippen molar-refractivity contribution in [2.45, 2.75) is 104 Å².